The van der Waals surface area contributed by atoms with Crippen LogP contribution in [0.5, 0.6) is 5.75 Å². The van der Waals surface area contributed by atoms with Crippen LogP contribution in [0.25, 0.3) is 11.0 Å². The number of aromatic nitrogens is 1. The fourth-order valence-corrected chi connectivity index (χ4v) is 2.64. The summed E-state index contributed by atoms with van der Waals surface area (Å²) in [7, 11) is 0. The smallest absolute Gasteiger partial charge is 0.315 e. The molecule has 2 aromatic heterocycles. The largest absolute Gasteiger partial charge is 0.449 e. The van der Waals surface area contributed by atoms with Gasteiger partial charge in [-0.1, -0.05) is 12.1 Å². The Morgan fingerprint density at radius 2 is 2.24 bits per heavy atom. The zero-order valence-corrected chi connectivity index (χ0v) is 12.9. The lowest BCUT2D eigenvalue weighted by Crippen LogP contribution is -2.11. The van der Waals surface area contributed by atoms with Crippen molar-refractivity contribution in [1.82, 2.24) is 4.98 Å². The lowest BCUT2D eigenvalue weighted by molar-refractivity contribution is -0.133. The fraction of sp³-hybridized carbons (Fsp3) is 0.125. The Morgan fingerprint density at radius 3 is 3.00 bits per heavy atom. The quantitative estimate of drug-likeness (QED) is 0.672. The number of benzene rings is 1. The van der Waals surface area contributed by atoms with Crippen LogP contribution in [0.15, 0.2) is 51.8 Å². The van der Waals surface area contributed by atoms with Crippen LogP contribution in [0.4, 0.5) is 0 Å². The van der Waals surface area contributed by atoms with E-state index in [1.54, 1.807) is 18.3 Å². The molecule has 0 aliphatic rings. The Morgan fingerprint density at radius 1 is 1.38 bits per heavy atom. The first-order valence-corrected chi connectivity index (χ1v) is 7.21. The zero-order chi connectivity index (χ0) is 14.8. The van der Waals surface area contributed by atoms with Crippen molar-refractivity contribution in [1.29, 1.82) is 0 Å². The molecule has 5 heteroatoms. The Kier molecular flexibility index (Phi) is 3.75. The molecule has 3 rings (SSSR count). The van der Waals surface area contributed by atoms with Crippen LogP contribution < -0.4 is 4.74 Å². The van der Waals surface area contributed by atoms with Gasteiger partial charge in [-0.2, -0.15) is 0 Å². The predicted octanol–water partition coefficient (Wildman–Crippen LogP) is 4.05. The molecule has 0 amide bonds. The van der Waals surface area contributed by atoms with Gasteiger partial charge in [0.2, 0.25) is 0 Å². The Labute approximate surface area is 129 Å². The van der Waals surface area contributed by atoms with Crippen molar-refractivity contribution in [2.75, 3.05) is 0 Å². The number of halogens is 1. The van der Waals surface area contributed by atoms with E-state index in [9.17, 15) is 4.79 Å². The molecule has 0 N–H and O–H groups in total. The van der Waals surface area contributed by atoms with Crippen molar-refractivity contribution in [2.24, 2.45) is 0 Å². The molecular formula is C16H12BrNO3. The average Bonchev–Trinajstić information content (AvgIpc) is 2.75. The van der Waals surface area contributed by atoms with Crippen LogP contribution in [0.3, 0.4) is 0 Å². The van der Waals surface area contributed by atoms with Gasteiger partial charge >= 0.3 is 5.97 Å². The SMILES string of the molecule is Cc1ccc2c(CC(=O)Oc3cccnc3)c(Br)oc2c1. The first kappa shape index (κ1) is 13.8. The molecule has 4 nitrogen and oxygen atoms in total. The number of rotatable bonds is 3. The summed E-state index contributed by atoms with van der Waals surface area (Å²) < 4.78 is 11.4. The van der Waals surface area contributed by atoms with Gasteiger partial charge in [0.25, 0.3) is 0 Å². The highest BCUT2D eigenvalue weighted by Crippen LogP contribution is 2.31. The van der Waals surface area contributed by atoms with E-state index in [1.807, 2.05) is 25.1 Å². The van der Waals surface area contributed by atoms with Gasteiger partial charge in [-0.3, -0.25) is 9.78 Å². The monoisotopic (exact) mass is 345 g/mol. The highest BCUT2D eigenvalue weighted by Gasteiger charge is 2.17. The molecular weight excluding hydrogens is 334 g/mol. The number of fused-ring (bicyclic) bond motifs is 1. The number of furan rings is 1. The first-order valence-electron chi connectivity index (χ1n) is 6.42. The minimum Gasteiger partial charge on any atom is -0.449 e. The fourth-order valence-electron chi connectivity index (χ4n) is 2.11. The van der Waals surface area contributed by atoms with E-state index in [0.717, 1.165) is 22.1 Å². The number of pyridine rings is 1. The second kappa shape index (κ2) is 5.69. The third-order valence-electron chi connectivity index (χ3n) is 3.09. The Balaban J connectivity index is 1.84. The van der Waals surface area contributed by atoms with Crippen LogP contribution in [-0.4, -0.2) is 11.0 Å². The molecule has 0 saturated heterocycles. The van der Waals surface area contributed by atoms with E-state index < -0.39 is 0 Å². The molecule has 1 aromatic carbocycles. The summed E-state index contributed by atoms with van der Waals surface area (Å²) in [5.74, 6) is 0.0780. The number of esters is 1. The van der Waals surface area contributed by atoms with Gasteiger partial charge in [-0.15, -0.1) is 0 Å². The summed E-state index contributed by atoms with van der Waals surface area (Å²) in [5, 5.41) is 0.913. The van der Waals surface area contributed by atoms with E-state index in [1.165, 1.54) is 6.20 Å². The molecule has 0 aliphatic carbocycles. The van der Waals surface area contributed by atoms with Gasteiger partial charge in [0, 0.05) is 17.1 Å². The van der Waals surface area contributed by atoms with Crippen molar-refractivity contribution in [3.05, 3.63) is 58.5 Å². The lowest BCUT2D eigenvalue weighted by atomic mass is 10.1. The Hall–Kier alpha value is -2.14. The summed E-state index contributed by atoms with van der Waals surface area (Å²) in [5.41, 5.74) is 2.65. The van der Waals surface area contributed by atoms with E-state index in [-0.39, 0.29) is 12.4 Å². The van der Waals surface area contributed by atoms with Crippen molar-refractivity contribution < 1.29 is 13.9 Å². The third kappa shape index (κ3) is 2.97. The minimum atomic E-state index is -0.355. The summed E-state index contributed by atoms with van der Waals surface area (Å²) in [6, 6.07) is 9.28. The second-order valence-electron chi connectivity index (χ2n) is 4.69. The summed E-state index contributed by atoms with van der Waals surface area (Å²) in [6.07, 6.45) is 3.26. The van der Waals surface area contributed by atoms with Gasteiger partial charge < -0.3 is 9.15 Å². The predicted molar refractivity (Wildman–Crippen MR) is 82.2 cm³/mol. The third-order valence-corrected chi connectivity index (χ3v) is 3.73. The maximum atomic E-state index is 12.0. The number of carbonyl (C=O) groups is 1. The van der Waals surface area contributed by atoms with E-state index >= 15 is 0 Å². The van der Waals surface area contributed by atoms with Gasteiger partial charge in [0.15, 0.2) is 4.67 Å². The number of nitrogens with zero attached hydrogens (tertiary/aromatic N) is 1. The highest BCUT2D eigenvalue weighted by molar-refractivity contribution is 9.10. The van der Waals surface area contributed by atoms with Crippen molar-refractivity contribution in [3.63, 3.8) is 0 Å². The number of carbonyl (C=O) groups excluding carboxylic acids is 1. The lowest BCUT2D eigenvalue weighted by Gasteiger charge is -2.03. The summed E-state index contributed by atoms with van der Waals surface area (Å²) >= 11 is 3.36. The van der Waals surface area contributed by atoms with Gasteiger partial charge in [0.05, 0.1) is 12.6 Å². The topological polar surface area (TPSA) is 52.3 Å². The molecule has 0 atom stereocenters. The van der Waals surface area contributed by atoms with Crippen LogP contribution in [-0.2, 0) is 11.2 Å². The normalized spacial score (nSPS) is 10.8. The van der Waals surface area contributed by atoms with Crippen LogP contribution >= 0.6 is 15.9 Å². The van der Waals surface area contributed by atoms with Crippen molar-refractivity contribution in [3.8, 4) is 5.75 Å². The maximum absolute atomic E-state index is 12.0. The highest BCUT2D eigenvalue weighted by atomic mass is 79.9. The molecule has 0 saturated carbocycles. The van der Waals surface area contributed by atoms with Crippen LogP contribution in [0.1, 0.15) is 11.1 Å². The van der Waals surface area contributed by atoms with Gasteiger partial charge in [0.1, 0.15) is 11.3 Å². The molecule has 0 radical (unpaired) electrons. The Bertz CT molecular complexity index is 796. The molecule has 0 unspecified atom stereocenters. The van der Waals surface area contributed by atoms with Crippen LogP contribution in [0.2, 0.25) is 0 Å². The van der Waals surface area contributed by atoms with Crippen molar-refractivity contribution >= 4 is 32.9 Å². The summed E-state index contributed by atoms with van der Waals surface area (Å²) in [6.45, 7) is 1.99. The molecule has 0 bridgehead atoms. The summed E-state index contributed by atoms with van der Waals surface area (Å²) in [4.78, 5) is 15.9. The van der Waals surface area contributed by atoms with Gasteiger partial charge in [-0.05, 0) is 46.6 Å². The minimum absolute atomic E-state index is 0.130. The van der Waals surface area contributed by atoms with Gasteiger partial charge in [-0.25, -0.2) is 0 Å². The molecule has 21 heavy (non-hydrogen) atoms. The standard InChI is InChI=1S/C16H12BrNO3/c1-10-4-5-12-13(16(17)21-14(12)7-10)8-15(19)20-11-3-2-6-18-9-11/h2-7,9H,8H2,1H3. The number of hydrogen-bond acceptors (Lipinski definition) is 4. The van der Waals surface area contributed by atoms with Crippen molar-refractivity contribution in [2.45, 2.75) is 13.3 Å². The van der Waals surface area contributed by atoms with E-state index in [2.05, 4.69) is 20.9 Å². The van der Waals surface area contributed by atoms with Crippen LogP contribution in [0, 0.1) is 6.92 Å². The molecule has 3 aromatic rings. The molecule has 2 heterocycles. The molecule has 0 fully saturated rings. The van der Waals surface area contributed by atoms with E-state index in [0.29, 0.717) is 10.4 Å². The van der Waals surface area contributed by atoms with E-state index in [4.69, 9.17) is 9.15 Å². The molecule has 0 aliphatic heterocycles. The molecule has 106 valence electrons. The average molecular weight is 346 g/mol. The molecule has 0 spiro atoms. The number of aryl methyl sites for hydroxylation is 1. The second-order valence-corrected chi connectivity index (χ2v) is 5.41. The number of ether oxygens (including phenoxy) is 1. The zero-order valence-electron chi connectivity index (χ0n) is 11.3. The first-order chi connectivity index (χ1) is 10.1. The maximum Gasteiger partial charge on any atom is 0.315 e. The number of hydrogen-bond donors (Lipinski definition) is 0.